The summed E-state index contributed by atoms with van der Waals surface area (Å²) in [5.41, 5.74) is 17.6. The lowest BCUT2D eigenvalue weighted by atomic mass is 10.0. The number of anilines is 1. The van der Waals surface area contributed by atoms with E-state index in [1.807, 2.05) is 48.5 Å². The minimum atomic E-state index is -0.272. The Bertz CT molecular complexity index is 3550. The van der Waals surface area contributed by atoms with Crippen molar-refractivity contribution in [2.45, 2.75) is 0 Å². The number of rotatable bonds is 9. The van der Waals surface area contributed by atoms with Crippen LogP contribution >= 0.6 is 0 Å². The van der Waals surface area contributed by atoms with Gasteiger partial charge in [-0.05, 0) is 101 Å². The molecule has 7 heteroatoms. The van der Waals surface area contributed by atoms with Crippen LogP contribution in [0.3, 0.4) is 0 Å². The maximum absolute atomic E-state index is 12.9. The molecule has 0 saturated carbocycles. The van der Waals surface area contributed by atoms with Crippen molar-refractivity contribution < 1.29 is 9.90 Å². The zero-order chi connectivity index (χ0) is 44.4. The molecule has 0 amide bonds. The Labute approximate surface area is 381 Å². The van der Waals surface area contributed by atoms with E-state index in [0.29, 0.717) is 0 Å². The molecule has 2 aliphatic rings. The van der Waals surface area contributed by atoms with Crippen LogP contribution in [0, 0.1) is 0 Å². The van der Waals surface area contributed by atoms with E-state index in [-0.39, 0.29) is 17.1 Å². The van der Waals surface area contributed by atoms with Gasteiger partial charge in [0.2, 0.25) is 0 Å². The fourth-order valence-electron chi connectivity index (χ4n) is 8.79. The molecule has 2 aliphatic heterocycles. The molecule has 0 spiro atoms. The number of nitrogens with zero attached hydrogens (tertiary/aromatic N) is 2. The minimum Gasteiger partial charge on any atom is -0.507 e. The summed E-state index contributed by atoms with van der Waals surface area (Å²) in [4.78, 5) is 31.7. The van der Waals surface area contributed by atoms with E-state index >= 15 is 0 Å². The number of carbonyl (C=O) groups excluding carboxylic acids is 1. The van der Waals surface area contributed by atoms with Crippen LogP contribution in [-0.4, -0.2) is 30.8 Å². The molecule has 9 aromatic rings. The Kier molecular flexibility index (Phi) is 10.4. The van der Waals surface area contributed by atoms with E-state index in [1.54, 1.807) is 24.3 Å². The summed E-state index contributed by atoms with van der Waals surface area (Å²) in [6.45, 7) is 0. The maximum Gasteiger partial charge on any atom is 0.189 e. The monoisotopic (exact) mass is 851 g/mol. The van der Waals surface area contributed by atoms with Crippen molar-refractivity contribution in [2.24, 2.45) is 0 Å². The number of para-hydroxylation sites is 1. The summed E-state index contributed by atoms with van der Waals surface area (Å²) < 4.78 is 0. The smallest absolute Gasteiger partial charge is 0.189 e. The number of nitrogens with one attached hydrogen (secondary N) is 3. The number of aromatic hydroxyl groups is 1. The van der Waals surface area contributed by atoms with Crippen LogP contribution < -0.4 is 5.32 Å². The van der Waals surface area contributed by atoms with E-state index in [0.717, 1.165) is 106 Å². The molecule has 0 fully saturated rings. The van der Waals surface area contributed by atoms with Crippen LogP contribution in [0.25, 0.3) is 96.6 Å². The van der Waals surface area contributed by atoms with Gasteiger partial charge in [-0.1, -0.05) is 152 Å². The third-order valence-corrected chi connectivity index (χ3v) is 11.9. The second-order valence-electron chi connectivity index (χ2n) is 16.1. The average molecular weight is 852 g/mol. The predicted molar refractivity (Wildman–Crippen MR) is 271 cm³/mol. The molecule has 7 nitrogen and oxygen atoms in total. The van der Waals surface area contributed by atoms with Crippen LogP contribution in [0.4, 0.5) is 5.69 Å². The van der Waals surface area contributed by atoms with E-state index in [1.165, 1.54) is 12.1 Å². The second kappa shape index (κ2) is 17.2. The van der Waals surface area contributed by atoms with Crippen molar-refractivity contribution in [1.82, 2.24) is 19.9 Å². The highest BCUT2D eigenvalue weighted by Gasteiger charge is 2.23. The van der Waals surface area contributed by atoms with Gasteiger partial charge in [0.1, 0.15) is 5.75 Å². The average Bonchev–Trinajstić information content (AvgIpc) is 4.21. The third kappa shape index (κ3) is 7.71. The summed E-state index contributed by atoms with van der Waals surface area (Å²) in [6, 6.07) is 64.6. The standard InChI is InChI=1S/C59H41N5O2/c65-53-24-14-13-23-44(53)54(66)36-27-38-25-28-43(29-26-38)60-52-37-51-57(41-19-9-3-10-20-41)49-33-32-47(62-49)55(39-15-5-1-6-16-39)45-30-31-46(61-45)56(40-17-7-2-8-18-40)48-34-35-50(63-48)58(59(52)64-51)42-21-11-4-12-22-42/h1-37,60,62-63,65H. The van der Waals surface area contributed by atoms with Gasteiger partial charge in [0.25, 0.3) is 0 Å². The molecular formula is C59H41N5O2. The molecular weight excluding hydrogens is 811 g/mol. The number of aromatic amines is 2. The summed E-state index contributed by atoms with van der Waals surface area (Å²) in [6.07, 6.45) is 9.61. The molecule has 0 radical (unpaired) electrons. The lowest BCUT2D eigenvalue weighted by molar-refractivity contribution is 0.104. The molecule has 4 N–H and O–H groups in total. The van der Waals surface area contributed by atoms with Gasteiger partial charge in [0.05, 0.1) is 34.0 Å². The van der Waals surface area contributed by atoms with Crippen LogP contribution in [0.5, 0.6) is 5.75 Å². The second-order valence-corrected chi connectivity index (χ2v) is 16.1. The van der Waals surface area contributed by atoms with Crippen molar-refractivity contribution in [3.05, 3.63) is 234 Å². The van der Waals surface area contributed by atoms with Gasteiger partial charge in [-0.2, -0.15) is 0 Å². The fourth-order valence-corrected chi connectivity index (χ4v) is 8.79. The highest BCUT2D eigenvalue weighted by atomic mass is 16.3. The first-order valence-electron chi connectivity index (χ1n) is 21.8. The SMILES string of the molecule is O=C(C=Cc1ccc(NC2=Cc3nc2c(-c2ccccc2)c2ccc([nH]2)c(-c2ccccc2)c2nc(c(-c4ccccc4)c4ccc([nH]4)c3-c3ccccc3)C=C2)cc1)c1ccccc1O. The van der Waals surface area contributed by atoms with Crippen LogP contribution in [0.1, 0.15) is 38.7 Å². The summed E-state index contributed by atoms with van der Waals surface area (Å²) in [5, 5.41) is 14.0. The van der Waals surface area contributed by atoms with E-state index in [2.05, 4.69) is 155 Å². The highest BCUT2D eigenvalue weighted by Crippen LogP contribution is 2.40. The summed E-state index contributed by atoms with van der Waals surface area (Å²) in [7, 11) is 0. The Hall–Kier alpha value is -9.07. The van der Waals surface area contributed by atoms with Gasteiger partial charge in [0, 0.05) is 50.0 Å². The zero-order valence-corrected chi connectivity index (χ0v) is 35.6. The first-order valence-corrected chi connectivity index (χ1v) is 21.8. The van der Waals surface area contributed by atoms with Crippen LogP contribution in [0.15, 0.2) is 200 Å². The first-order chi connectivity index (χ1) is 32.5. The normalized spacial score (nSPS) is 12.0. The number of benzene rings is 6. The molecule has 11 rings (SSSR count). The van der Waals surface area contributed by atoms with E-state index in [9.17, 15) is 9.90 Å². The fraction of sp³-hybridized carbons (Fsp3) is 0. The van der Waals surface area contributed by atoms with Gasteiger partial charge >= 0.3 is 0 Å². The molecule has 66 heavy (non-hydrogen) atoms. The van der Waals surface area contributed by atoms with Crippen molar-refractivity contribution in [3.63, 3.8) is 0 Å². The maximum atomic E-state index is 12.9. The van der Waals surface area contributed by atoms with E-state index < -0.39 is 0 Å². The zero-order valence-electron chi connectivity index (χ0n) is 35.6. The summed E-state index contributed by atoms with van der Waals surface area (Å²) >= 11 is 0. The number of fused-ring (bicyclic) bond motifs is 8. The van der Waals surface area contributed by atoms with E-state index in [4.69, 9.17) is 9.97 Å². The molecule has 314 valence electrons. The van der Waals surface area contributed by atoms with Gasteiger partial charge in [-0.15, -0.1) is 0 Å². The highest BCUT2D eigenvalue weighted by molar-refractivity contribution is 6.09. The third-order valence-electron chi connectivity index (χ3n) is 11.9. The molecule has 0 atom stereocenters. The van der Waals surface area contributed by atoms with Gasteiger partial charge in [-0.3, -0.25) is 4.79 Å². The van der Waals surface area contributed by atoms with Crippen molar-refractivity contribution in [1.29, 1.82) is 0 Å². The van der Waals surface area contributed by atoms with Gasteiger partial charge in [-0.25, -0.2) is 9.97 Å². The van der Waals surface area contributed by atoms with Gasteiger partial charge < -0.3 is 20.4 Å². The number of allylic oxidation sites excluding steroid dienone is 1. The number of phenols is 1. The molecule has 5 heterocycles. The molecule has 0 unspecified atom stereocenters. The van der Waals surface area contributed by atoms with Crippen LogP contribution in [-0.2, 0) is 0 Å². The number of ketones is 1. The predicted octanol–water partition coefficient (Wildman–Crippen LogP) is 14.4. The topological polar surface area (TPSA) is 107 Å². The first kappa shape index (κ1) is 39.8. The Morgan fingerprint density at radius 1 is 0.470 bits per heavy atom. The largest absolute Gasteiger partial charge is 0.507 e. The lowest BCUT2D eigenvalue weighted by Crippen LogP contribution is -1.99. The van der Waals surface area contributed by atoms with Crippen LogP contribution in [0.2, 0.25) is 0 Å². The molecule has 3 aromatic heterocycles. The van der Waals surface area contributed by atoms with Crippen molar-refractivity contribution in [2.75, 3.05) is 5.32 Å². The quantitative estimate of drug-likeness (QED) is 0.0855. The molecule has 0 aliphatic carbocycles. The molecule has 8 bridgehead atoms. The minimum absolute atomic E-state index is 0.0434. The number of aromatic nitrogens is 4. The lowest BCUT2D eigenvalue weighted by Gasteiger charge is -2.12. The molecule has 0 saturated heterocycles. The number of H-pyrrole nitrogens is 2. The number of hydrogen-bond donors (Lipinski definition) is 4. The number of carbonyl (C=O) groups is 1. The Morgan fingerprint density at radius 2 is 0.909 bits per heavy atom. The van der Waals surface area contributed by atoms with Gasteiger partial charge in [0.15, 0.2) is 5.78 Å². The van der Waals surface area contributed by atoms with Crippen molar-refractivity contribution in [3.8, 4) is 50.3 Å². The summed E-state index contributed by atoms with van der Waals surface area (Å²) in [5.74, 6) is -0.315. The number of hydrogen-bond acceptors (Lipinski definition) is 5. The van der Waals surface area contributed by atoms with Crippen molar-refractivity contribution >= 4 is 63.5 Å². The Balaban J connectivity index is 1.17. The Morgan fingerprint density at radius 3 is 1.41 bits per heavy atom. The number of phenolic OH excluding ortho intramolecular Hbond substituents is 1. The molecule has 6 aromatic carbocycles.